The van der Waals surface area contributed by atoms with Gasteiger partial charge in [-0.05, 0) is 26.7 Å². The molecule has 118 valence electrons. The summed E-state index contributed by atoms with van der Waals surface area (Å²) in [6, 6.07) is 0. The summed E-state index contributed by atoms with van der Waals surface area (Å²) in [5, 5.41) is 1.16. The third kappa shape index (κ3) is 2.79. The van der Waals surface area contributed by atoms with Gasteiger partial charge in [0, 0.05) is 30.3 Å². The maximum atomic E-state index is 12.7. The number of likely N-dealkylation sites (tertiary alicyclic amines) is 1. The smallest absolute Gasteiger partial charge is 0.276 e. The standard InChI is InChI=1S/C16H21N3O2S/c1-4-13-14(17-9-21-13)16(20)19-7-5-6-12(8-19)15-18-10(2)11(3)22-15/h9,12H,4-8H2,1-3H3/t12-/m0/s1. The summed E-state index contributed by atoms with van der Waals surface area (Å²) in [6.45, 7) is 7.63. The summed E-state index contributed by atoms with van der Waals surface area (Å²) >= 11 is 1.76. The van der Waals surface area contributed by atoms with E-state index in [9.17, 15) is 4.79 Å². The van der Waals surface area contributed by atoms with Crippen molar-refractivity contribution in [1.82, 2.24) is 14.9 Å². The number of thiazole rings is 1. The first-order valence-electron chi connectivity index (χ1n) is 7.75. The Balaban J connectivity index is 1.77. The van der Waals surface area contributed by atoms with Crippen LogP contribution in [0.5, 0.6) is 0 Å². The topological polar surface area (TPSA) is 59.2 Å². The van der Waals surface area contributed by atoms with Gasteiger partial charge in [-0.2, -0.15) is 0 Å². The molecule has 0 unspecified atom stereocenters. The number of aromatic nitrogens is 2. The minimum Gasteiger partial charge on any atom is -0.448 e. The molecule has 1 amide bonds. The van der Waals surface area contributed by atoms with Gasteiger partial charge in [0.1, 0.15) is 5.76 Å². The molecule has 5 nitrogen and oxygen atoms in total. The number of oxazole rings is 1. The normalized spacial score (nSPS) is 18.7. The molecule has 3 rings (SSSR count). The van der Waals surface area contributed by atoms with Crippen molar-refractivity contribution < 1.29 is 9.21 Å². The number of hydrogen-bond acceptors (Lipinski definition) is 5. The van der Waals surface area contributed by atoms with E-state index < -0.39 is 0 Å². The highest BCUT2D eigenvalue weighted by atomic mass is 32.1. The highest BCUT2D eigenvalue weighted by Gasteiger charge is 2.29. The molecular formula is C16H21N3O2S. The number of hydrogen-bond donors (Lipinski definition) is 0. The summed E-state index contributed by atoms with van der Waals surface area (Å²) in [6.07, 6.45) is 4.15. The molecule has 0 N–H and O–H groups in total. The van der Waals surface area contributed by atoms with E-state index >= 15 is 0 Å². The molecule has 1 fully saturated rings. The Morgan fingerprint density at radius 3 is 3.00 bits per heavy atom. The van der Waals surface area contributed by atoms with Crippen molar-refractivity contribution >= 4 is 17.2 Å². The molecule has 22 heavy (non-hydrogen) atoms. The molecule has 2 aromatic heterocycles. The lowest BCUT2D eigenvalue weighted by atomic mass is 9.98. The second-order valence-electron chi connectivity index (χ2n) is 5.76. The first kappa shape index (κ1) is 15.2. The summed E-state index contributed by atoms with van der Waals surface area (Å²) in [5.41, 5.74) is 1.57. The Hall–Kier alpha value is -1.69. The van der Waals surface area contributed by atoms with Gasteiger partial charge in [0.25, 0.3) is 5.91 Å². The van der Waals surface area contributed by atoms with E-state index in [0.717, 1.165) is 36.6 Å². The number of rotatable bonds is 3. The van der Waals surface area contributed by atoms with E-state index in [1.165, 1.54) is 11.3 Å². The molecule has 0 aromatic carbocycles. The lowest BCUT2D eigenvalue weighted by molar-refractivity contribution is 0.0699. The molecule has 1 saturated heterocycles. The van der Waals surface area contributed by atoms with Crippen LogP contribution >= 0.6 is 11.3 Å². The van der Waals surface area contributed by atoms with Gasteiger partial charge in [0.2, 0.25) is 0 Å². The van der Waals surface area contributed by atoms with Crippen molar-refractivity contribution in [2.75, 3.05) is 13.1 Å². The zero-order valence-corrected chi connectivity index (χ0v) is 14.1. The first-order chi connectivity index (χ1) is 10.6. The second kappa shape index (κ2) is 6.20. The molecule has 0 bridgehead atoms. The Morgan fingerprint density at radius 1 is 1.50 bits per heavy atom. The predicted molar refractivity (Wildman–Crippen MR) is 85.3 cm³/mol. The van der Waals surface area contributed by atoms with Crippen LogP contribution in [-0.2, 0) is 6.42 Å². The third-order valence-electron chi connectivity index (χ3n) is 4.27. The molecule has 1 atom stereocenters. The summed E-state index contributed by atoms with van der Waals surface area (Å²) < 4.78 is 5.29. The molecule has 1 aliphatic rings. The number of carbonyl (C=O) groups excluding carboxylic acids is 1. The molecule has 2 aromatic rings. The Labute approximate surface area is 134 Å². The van der Waals surface area contributed by atoms with Crippen molar-refractivity contribution in [3.05, 3.63) is 33.4 Å². The summed E-state index contributed by atoms with van der Waals surface area (Å²) in [5.74, 6) is 1.00. The largest absolute Gasteiger partial charge is 0.448 e. The summed E-state index contributed by atoms with van der Waals surface area (Å²) in [7, 11) is 0. The zero-order valence-electron chi connectivity index (χ0n) is 13.3. The van der Waals surface area contributed by atoms with E-state index in [4.69, 9.17) is 4.42 Å². The van der Waals surface area contributed by atoms with Crippen molar-refractivity contribution in [2.24, 2.45) is 0 Å². The first-order valence-corrected chi connectivity index (χ1v) is 8.57. The van der Waals surface area contributed by atoms with Gasteiger partial charge < -0.3 is 9.32 Å². The van der Waals surface area contributed by atoms with Crippen LogP contribution in [0.25, 0.3) is 0 Å². The van der Waals surface area contributed by atoms with Crippen LogP contribution in [0.4, 0.5) is 0 Å². The van der Waals surface area contributed by atoms with Gasteiger partial charge in [-0.1, -0.05) is 6.92 Å². The number of piperidine rings is 1. The van der Waals surface area contributed by atoms with Crippen molar-refractivity contribution in [1.29, 1.82) is 0 Å². The predicted octanol–water partition coefficient (Wildman–Crippen LogP) is 3.33. The van der Waals surface area contributed by atoms with E-state index in [0.29, 0.717) is 23.8 Å². The molecule has 0 spiro atoms. The second-order valence-corrected chi connectivity index (χ2v) is 7.00. The average Bonchev–Trinajstić information content (AvgIpc) is 3.14. The molecule has 0 saturated carbocycles. The monoisotopic (exact) mass is 319 g/mol. The van der Waals surface area contributed by atoms with Crippen LogP contribution in [0.15, 0.2) is 10.8 Å². The van der Waals surface area contributed by atoms with E-state index in [1.807, 2.05) is 18.7 Å². The number of amides is 1. The minimum absolute atomic E-state index is 0.0136. The maximum absolute atomic E-state index is 12.7. The quantitative estimate of drug-likeness (QED) is 0.870. The van der Waals surface area contributed by atoms with E-state index in [-0.39, 0.29) is 5.91 Å². The van der Waals surface area contributed by atoms with Gasteiger partial charge in [-0.15, -0.1) is 11.3 Å². The number of aryl methyl sites for hydroxylation is 3. The van der Waals surface area contributed by atoms with Crippen molar-refractivity contribution in [3.8, 4) is 0 Å². The van der Waals surface area contributed by atoms with Crippen LogP contribution < -0.4 is 0 Å². The molecular weight excluding hydrogens is 298 g/mol. The fourth-order valence-corrected chi connectivity index (χ4v) is 3.93. The lowest BCUT2D eigenvalue weighted by Gasteiger charge is -2.31. The fraction of sp³-hybridized carbons (Fsp3) is 0.562. The van der Waals surface area contributed by atoms with Crippen LogP contribution in [0.2, 0.25) is 0 Å². The maximum Gasteiger partial charge on any atom is 0.276 e. The molecule has 0 radical (unpaired) electrons. The highest BCUT2D eigenvalue weighted by Crippen LogP contribution is 2.31. The summed E-state index contributed by atoms with van der Waals surface area (Å²) in [4.78, 5) is 24.6. The van der Waals surface area contributed by atoms with Gasteiger partial charge in [0.05, 0.1) is 10.7 Å². The third-order valence-corrected chi connectivity index (χ3v) is 5.50. The van der Waals surface area contributed by atoms with Crippen molar-refractivity contribution in [3.63, 3.8) is 0 Å². The highest BCUT2D eigenvalue weighted by molar-refractivity contribution is 7.11. The van der Waals surface area contributed by atoms with Crippen LogP contribution in [-0.4, -0.2) is 33.9 Å². The molecule has 1 aliphatic heterocycles. The number of nitrogens with zero attached hydrogens (tertiary/aromatic N) is 3. The van der Waals surface area contributed by atoms with Crippen LogP contribution in [0.1, 0.15) is 57.5 Å². The molecule has 0 aliphatic carbocycles. The minimum atomic E-state index is -0.0136. The van der Waals surface area contributed by atoms with Gasteiger partial charge >= 0.3 is 0 Å². The average molecular weight is 319 g/mol. The Morgan fingerprint density at radius 2 is 2.32 bits per heavy atom. The van der Waals surface area contributed by atoms with Gasteiger partial charge in [-0.25, -0.2) is 9.97 Å². The van der Waals surface area contributed by atoms with Crippen LogP contribution in [0.3, 0.4) is 0 Å². The Bertz CT molecular complexity index is 657. The van der Waals surface area contributed by atoms with E-state index in [1.54, 1.807) is 11.3 Å². The Kier molecular flexibility index (Phi) is 4.29. The zero-order chi connectivity index (χ0) is 15.7. The van der Waals surface area contributed by atoms with Crippen molar-refractivity contribution in [2.45, 2.75) is 46.0 Å². The van der Waals surface area contributed by atoms with Gasteiger partial charge in [-0.3, -0.25) is 4.79 Å². The molecule has 3 heterocycles. The fourth-order valence-electron chi connectivity index (χ4n) is 2.88. The van der Waals surface area contributed by atoms with Gasteiger partial charge in [0.15, 0.2) is 12.1 Å². The number of carbonyl (C=O) groups is 1. The van der Waals surface area contributed by atoms with E-state index in [2.05, 4.69) is 16.9 Å². The van der Waals surface area contributed by atoms with Crippen LogP contribution in [0, 0.1) is 13.8 Å². The molecule has 6 heteroatoms. The SMILES string of the molecule is CCc1ocnc1C(=O)N1CCC[C@H](c2nc(C)c(C)s2)C1. The lowest BCUT2D eigenvalue weighted by Crippen LogP contribution is -2.39.